The lowest BCUT2D eigenvalue weighted by molar-refractivity contribution is -0.120. The summed E-state index contributed by atoms with van der Waals surface area (Å²) in [6.07, 6.45) is 2.90. The molecule has 12 heavy (non-hydrogen) atoms. The average Bonchev–Trinajstić information content (AvgIpc) is 2.04. The molecule has 0 aromatic rings. The maximum Gasteiger partial charge on any atom is 0.197 e. The van der Waals surface area contributed by atoms with E-state index in [1.807, 2.05) is 0 Å². The van der Waals surface area contributed by atoms with Gasteiger partial charge in [0.25, 0.3) is 0 Å². The third-order valence-electron chi connectivity index (χ3n) is 2.40. The van der Waals surface area contributed by atoms with Crippen LogP contribution in [0, 0.1) is 0 Å². The van der Waals surface area contributed by atoms with Crippen molar-refractivity contribution >= 4 is 5.78 Å². The molecule has 1 N–H and O–H groups in total. The van der Waals surface area contributed by atoms with E-state index in [2.05, 4.69) is 0 Å². The Balaban J connectivity index is 2.24. The van der Waals surface area contributed by atoms with Gasteiger partial charge >= 0.3 is 0 Å². The normalized spacial score (nSPS) is 29.8. The third kappa shape index (κ3) is 1.25. The van der Waals surface area contributed by atoms with Crippen LogP contribution < -0.4 is 0 Å². The molecular formula is C9H12O3. The van der Waals surface area contributed by atoms with E-state index in [0.717, 1.165) is 24.2 Å². The molecule has 66 valence electrons. The molecular weight excluding hydrogens is 156 g/mol. The van der Waals surface area contributed by atoms with Gasteiger partial charge in [0.05, 0.1) is 0 Å². The summed E-state index contributed by atoms with van der Waals surface area (Å²) in [5.74, 6) is 0.952. The van der Waals surface area contributed by atoms with Crippen LogP contribution in [0.3, 0.4) is 0 Å². The molecule has 0 aromatic heterocycles. The molecule has 1 aliphatic carbocycles. The standard InChI is InChI=1S/C9H12O3/c10-7-2-1-3-8-6(7)4-5-9(11)12-8/h9,11H,1-5H2. The predicted octanol–water partition coefficient (Wildman–Crippen LogP) is 1.12. The maximum atomic E-state index is 11.3. The first-order valence-corrected chi connectivity index (χ1v) is 4.37. The summed E-state index contributed by atoms with van der Waals surface area (Å²) in [6, 6.07) is 0. The minimum atomic E-state index is -0.686. The van der Waals surface area contributed by atoms with Crippen molar-refractivity contribution < 1.29 is 14.6 Å². The number of hydrogen-bond donors (Lipinski definition) is 1. The molecule has 2 rings (SSSR count). The molecule has 1 unspecified atom stereocenters. The zero-order valence-corrected chi connectivity index (χ0v) is 6.88. The van der Waals surface area contributed by atoms with Gasteiger partial charge in [0.1, 0.15) is 5.76 Å². The summed E-state index contributed by atoms with van der Waals surface area (Å²) in [6.45, 7) is 0. The summed E-state index contributed by atoms with van der Waals surface area (Å²) >= 11 is 0. The number of hydrogen-bond acceptors (Lipinski definition) is 3. The second-order valence-corrected chi connectivity index (χ2v) is 3.29. The Kier molecular flexibility index (Phi) is 1.89. The number of carbonyl (C=O) groups excluding carboxylic acids is 1. The van der Waals surface area contributed by atoms with Gasteiger partial charge in [-0.3, -0.25) is 4.79 Å². The summed E-state index contributed by atoms with van der Waals surface area (Å²) in [5.41, 5.74) is 0.826. The lowest BCUT2D eigenvalue weighted by Gasteiger charge is -2.27. The Bertz CT molecular complexity index is 242. The Morgan fingerprint density at radius 3 is 3.00 bits per heavy atom. The number of rotatable bonds is 0. The molecule has 1 atom stereocenters. The number of ether oxygens (including phenoxy) is 1. The molecule has 2 aliphatic rings. The van der Waals surface area contributed by atoms with Crippen molar-refractivity contribution in [2.45, 2.75) is 38.4 Å². The van der Waals surface area contributed by atoms with Crippen molar-refractivity contribution in [1.29, 1.82) is 0 Å². The summed E-state index contributed by atoms with van der Waals surface area (Å²) in [5, 5.41) is 9.17. The minimum Gasteiger partial charge on any atom is -0.469 e. The molecule has 3 heteroatoms. The molecule has 0 bridgehead atoms. The SMILES string of the molecule is O=C1CCCC2=C1CCC(O)O2. The van der Waals surface area contributed by atoms with Crippen LogP contribution in [0.25, 0.3) is 0 Å². The van der Waals surface area contributed by atoms with E-state index in [1.165, 1.54) is 0 Å². The van der Waals surface area contributed by atoms with Gasteiger partial charge < -0.3 is 9.84 Å². The second-order valence-electron chi connectivity index (χ2n) is 3.29. The average molecular weight is 168 g/mol. The van der Waals surface area contributed by atoms with E-state index >= 15 is 0 Å². The fraction of sp³-hybridized carbons (Fsp3) is 0.667. The zero-order chi connectivity index (χ0) is 8.55. The van der Waals surface area contributed by atoms with E-state index in [1.54, 1.807) is 0 Å². The smallest absolute Gasteiger partial charge is 0.197 e. The summed E-state index contributed by atoms with van der Waals surface area (Å²) in [7, 11) is 0. The van der Waals surface area contributed by atoms with Crippen molar-refractivity contribution in [2.24, 2.45) is 0 Å². The first kappa shape index (κ1) is 7.80. The van der Waals surface area contributed by atoms with Crippen LogP contribution in [0.2, 0.25) is 0 Å². The molecule has 0 amide bonds. The van der Waals surface area contributed by atoms with Crippen molar-refractivity contribution in [1.82, 2.24) is 0 Å². The first-order valence-electron chi connectivity index (χ1n) is 4.37. The lowest BCUT2D eigenvalue weighted by atomic mass is 9.91. The van der Waals surface area contributed by atoms with E-state index < -0.39 is 6.29 Å². The van der Waals surface area contributed by atoms with Crippen LogP contribution in [0.1, 0.15) is 32.1 Å². The van der Waals surface area contributed by atoms with Crippen molar-refractivity contribution in [3.63, 3.8) is 0 Å². The highest BCUT2D eigenvalue weighted by atomic mass is 16.6. The number of carbonyl (C=O) groups is 1. The van der Waals surface area contributed by atoms with Crippen LogP contribution in [0.5, 0.6) is 0 Å². The molecule has 1 heterocycles. The largest absolute Gasteiger partial charge is 0.469 e. The third-order valence-corrected chi connectivity index (χ3v) is 2.40. The fourth-order valence-electron chi connectivity index (χ4n) is 1.77. The fourth-order valence-corrected chi connectivity index (χ4v) is 1.77. The van der Waals surface area contributed by atoms with Gasteiger partial charge in [-0.25, -0.2) is 0 Å². The topological polar surface area (TPSA) is 46.5 Å². The van der Waals surface area contributed by atoms with E-state index in [4.69, 9.17) is 9.84 Å². The van der Waals surface area contributed by atoms with Crippen LogP contribution in [-0.2, 0) is 9.53 Å². The molecule has 0 fully saturated rings. The lowest BCUT2D eigenvalue weighted by Crippen LogP contribution is -2.24. The summed E-state index contributed by atoms with van der Waals surface area (Å²) in [4.78, 5) is 11.3. The predicted molar refractivity (Wildman–Crippen MR) is 42.2 cm³/mol. The van der Waals surface area contributed by atoms with Gasteiger partial charge in [0.2, 0.25) is 0 Å². The molecule has 0 saturated heterocycles. The molecule has 0 aromatic carbocycles. The Hall–Kier alpha value is -0.830. The monoisotopic (exact) mass is 168 g/mol. The number of aliphatic hydroxyl groups excluding tert-OH is 1. The van der Waals surface area contributed by atoms with E-state index in [-0.39, 0.29) is 5.78 Å². The molecule has 0 radical (unpaired) electrons. The minimum absolute atomic E-state index is 0.211. The van der Waals surface area contributed by atoms with Gasteiger partial charge in [0.15, 0.2) is 12.1 Å². The second kappa shape index (κ2) is 2.90. The number of Topliss-reactive ketones (excluding diaryl/α,β-unsaturated/α-hetero) is 1. The summed E-state index contributed by atoms with van der Waals surface area (Å²) < 4.78 is 5.17. The van der Waals surface area contributed by atoms with Gasteiger partial charge in [0, 0.05) is 24.8 Å². The zero-order valence-electron chi connectivity index (χ0n) is 6.88. The van der Waals surface area contributed by atoms with Gasteiger partial charge in [-0.2, -0.15) is 0 Å². The molecule has 0 spiro atoms. The highest BCUT2D eigenvalue weighted by molar-refractivity contribution is 5.96. The van der Waals surface area contributed by atoms with Crippen LogP contribution in [-0.4, -0.2) is 17.2 Å². The Morgan fingerprint density at radius 2 is 2.17 bits per heavy atom. The van der Waals surface area contributed by atoms with Crippen molar-refractivity contribution in [3.8, 4) is 0 Å². The van der Waals surface area contributed by atoms with Crippen LogP contribution in [0.4, 0.5) is 0 Å². The highest BCUT2D eigenvalue weighted by Crippen LogP contribution is 2.31. The van der Waals surface area contributed by atoms with Crippen molar-refractivity contribution in [2.75, 3.05) is 0 Å². The molecule has 0 saturated carbocycles. The number of allylic oxidation sites excluding steroid dienone is 2. The molecule has 3 nitrogen and oxygen atoms in total. The van der Waals surface area contributed by atoms with Crippen molar-refractivity contribution in [3.05, 3.63) is 11.3 Å². The van der Waals surface area contributed by atoms with Gasteiger partial charge in [-0.15, -0.1) is 0 Å². The van der Waals surface area contributed by atoms with E-state index in [0.29, 0.717) is 19.3 Å². The van der Waals surface area contributed by atoms with Crippen LogP contribution in [0.15, 0.2) is 11.3 Å². The van der Waals surface area contributed by atoms with E-state index in [9.17, 15) is 4.79 Å². The van der Waals surface area contributed by atoms with Gasteiger partial charge in [-0.05, 0) is 12.8 Å². The number of aliphatic hydroxyl groups is 1. The Labute approximate surface area is 71.0 Å². The van der Waals surface area contributed by atoms with Crippen LogP contribution >= 0.6 is 0 Å². The molecule has 1 aliphatic heterocycles. The number of ketones is 1. The quantitative estimate of drug-likeness (QED) is 0.589. The highest BCUT2D eigenvalue weighted by Gasteiger charge is 2.27. The maximum absolute atomic E-state index is 11.3. The Morgan fingerprint density at radius 1 is 1.33 bits per heavy atom. The first-order chi connectivity index (χ1) is 5.77. The van der Waals surface area contributed by atoms with Gasteiger partial charge in [-0.1, -0.05) is 0 Å².